The molecule has 1 atom stereocenters. The molecule has 0 bridgehead atoms. The highest BCUT2D eigenvalue weighted by atomic mass is 16.5. The van der Waals surface area contributed by atoms with Gasteiger partial charge in [-0.05, 0) is 38.8 Å². The molecular formula is C13H26N2O2. The lowest BCUT2D eigenvalue weighted by Gasteiger charge is -2.28. The van der Waals surface area contributed by atoms with Crippen molar-refractivity contribution in [3.63, 3.8) is 0 Å². The van der Waals surface area contributed by atoms with E-state index in [1.807, 2.05) is 14.0 Å². The molecule has 0 spiro atoms. The number of ether oxygens (including phenoxy) is 1. The number of carbonyl (C=O) groups is 1. The average molecular weight is 242 g/mol. The molecule has 0 radical (unpaired) electrons. The fourth-order valence-corrected chi connectivity index (χ4v) is 2.35. The predicted octanol–water partition coefficient (Wildman–Crippen LogP) is 1.26. The van der Waals surface area contributed by atoms with Crippen LogP contribution in [0.15, 0.2) is 0 Å². The van der Waals surface area contributed by atoms with Crippen molar-refractivity contribution in [3.05, 3.63) is 0 Å². The first-order chi connectivity index (χ1) is 7.83. The minimum Gasteiger partial charge on any atom is -0.468 e. The average Bonchev–Trinajstić information content (AvgIpc) is 2.64. The standard InChI is InChI=1S/C13H26N2O2/c1-12(2)6-8-15(10-12)9-7-13(3,14-4)11(16)17-5/h14H,6-10H2,1-5H3. The van der Waals surface area contributed by atoms with Crippen LogP contribution in [0.4, 0.5) is 0 Å². The van der Waals surface area contributed by atoms with Crippen molar-refractivity contribution in [2.75, 3.05) is 33.8 Å². The van der Waals surface area contributed by atoms with Crippen molar-refractivity contribution in [3.8, 4) is 0 Å². The Hall–Kier alpha value is -0.610. The normalized spacial score (nSPS) is 23.4. The number of hydrogen-bond donors (Lipinski definition) is 1. The molecule has 0 aromatic heterocycles. The Morgan fingerprint density at radius 1 is 1.53 bits per heavy atom. The van der Waals surface area contributed by atoms with Crippen LogP contribution in [0.1, 0.15) is 33.6 Å². The Kier molecular flexibility index (Phi) is 4.55. The molecule has 0 amide bonds. The van der Waals surface area contributed by atoms with Gasteiger partial charge in [-0.1, -0.05) is 13.8 Å². The summed E-state index contributed by atoms with van der Waals surface area (Å²) in [6.07, 6.45) is 2.02. The largest absolute Gasteiger partial charge is 0.468 e. The summed E-state index contributed by atoms with van der Waals surface area (Å²) in [5, 5.41) is 3.07. The first-order valence-corrected chi connectivity index (χ1v) is 6.33. The minimum absolute atomic E-state index is 0.182. The molecule has 0 saturated carbocycles. The van der Waals surface area contributed by atoms with Crippen molar-refractivity contribution in [2.24, 2.45) is 5.41 Å². The van der Waals surface area contributed by atoms with Crippen LogP contribution in [0, 0.1) is 5.41 Å². The van der Waals surface area contributed by atoms with Crippen molar-refractivity contribution >= 4 is 5.97 Å². The smallest absolute Gasteiger partial charge is 0.325 e. The zero-order valence-corrected chi connectivity index (χ0v) is 11.8. The van der Waals surface area contributed by atoms with E-state index in [-0.39, 0.29) is 5.97 Å². The quantitative estimate of drug-likeness (QED) is 0.737. The van der Waals surface area contributed by atoms with Crippen LogP contribution in [-0.4, -0.2) is 50.2 Å². The summed E-state index contributed by atoms with van der Waals surface area (Å²) in [5.74, 6) is -0.182. The van der Waals surface area contributed by atoms with Crippen LogP contribution >= 0.6 is 0 Å². The third-order valence-corrected chi connectivity index (χ3v) is 3.87. The van der Waals surface area contributed by atoms with Crippen LogP contribution in [0.5, 0.6) is 0 Å². The van der Waals surface area contributed by atoms with Crippen molar-refractivity contribution in [1.29, 1.82) is 0 Å². The highest BCUT2D eigenvalue weighted by molar-refractivity contribution is 5.80. The molecule has 1 N–H and O–H groups in total. The zero-order valence-electron chi connectivity index (χ0n) is 11.8. The summed E-state index contributed by atoms with van der Waals surface area (Å²) in [4.78, 5) is 14.1. The highest BCUT2D eigenvalue weighted by Crippen LogP contribution is 2.29. The Labute approximate surface area is 105 Å². The number of rotatable bonds is 5. The van der Waals surface area contributed by atoms with E-state index in [0.717, 1.165) is 26.1 Å². The number of methoxy groups -OCH3 is 1. The fraction of sp³-hybridized carbons (Fsp3) is 0.923. The molecule has 1 heterocycles. The van der Waals surface area contributed by atoms with E-state index in [1.54, 1.807) is 0 Å². The SMILES string of the molecule is CNC(C)(CCN1CCC(C)(C)C1)C(=O)OC. The molecule has 1 rings (SSSR count). The second-order valence-electron chi connectivity index (χ2n) is 6.01. The van der Waals surface area contributed by atoms with Crippen molar-refractivity contribution in [1.82, 2.24) is 10.2 Å². The number of hydrogen-bond acceptors (Lipinski definition) is 4. The van der Waals surface area contributed by atoms with Gasteiger partial charge in [0.25, 0.3) is 0 Å². The van der Waals surface area contributed by atoms with E-state index in [1.165, 1.54) is 13.5 Å². The molecule has 1 aliphatic heterocycles. The number of likely N-dealkylation sites (tertiary alicyclic amines) is 1. The van der Waals surface area contributed by atoms with Gasteiger partial charge in [0.2, 0.25) is 0 Å². The van der Waals surface area contributed by atoms with Gasteiger partial charge in [-0.2, -0.15) is 0 Å². The van der Waals surface area contributed by atoms with Crippen molar-refractivity contribution < 1.29 is 9.53 Å². The third-order valence-electron chi connectivity index (χ3n) is 3.87. The van der Waals surface area contributed by atoms with E-state index in [2.05, 4.69) is 24.1 Å². The summed E-state index contributed by atoms with van der Waals surface area (Å²) in [5.41, 5.74) is -0.150. The lowest BCUT2D eigenvalue weighted by Crippen LogP contribution is -2.50. The number of esters is 1. The van der Waals surface area contributed by atoms with Crippen LogP contribution in [0.3, 0.4) is 0 Å². The molecule has 4 nitrogen and oxygen atoms in total. The van der Waals surface area contributed by atoms with Gasteiger partial charge in [-0.25, -0.2) is 0 Å². The number of nitrogens with zero attached hydrogens (tertiary/aromatic N) is 1. The molecule has 0 aliphatic carbocycles. The summed E-state index contributed by atoms with van der Waals surface area (Å²) in [6, 6.07) is 0. The molecular weight excluding hydrogens is 216 g/mol. The maximum absolute atomic E-state index is 11.7. The predicted molar refractivity (Wildman–Crippen MR) is 68.9 cm³/mol. The minimum atomic E-state index is -0.568. The number of likely N-dealkylation sites (N-methyl/N-ethyl adjacent to an activating group) is 1. The maximum atomic E-state index is 11.7. The molecule has 100 valence electrons. The van der Waals surface area contributed by atoms with Crippen molar-refractivity contribution in [2.45, 2.75) is 39.2 Å². The number of nitrogens with one attached hydrogen (secondary N) is 1. The van der Waals surface area contributed by atoms with Gasteiger partial charge >= 0.3 is 5.97 Å². The molecule has 1 unspecified atom stereocenters. The maximum Gasteiger partial charge on any atom is 0.325 e. The van der Waals surface area contributed by atoms with E-state index < -0.39 is 5.54 Å². The molecule has 1 saturated heterocycles. The summed E-state index contributed by atoms with van der Waals surface area (Å²) < 4.78 is 4.84. The first kappa shape index (κ1) is 14.5. The summed E-state index contributed by atoms with van der Waals surface area (Å²) >= 11 is 0. The van der Waals surface area contributed by atoms with Gasteiger partial charge in [0.15, 0.2) is 0 Å². The Balaban J connectivity index is 2.46. The Bertz CT molecular complexity index is 279. The van der Waals surface area contributed by atoms with E-state index in [4.69, 9.17) is 4.74 Å². The monoisotopic (exact) mass is 242 g/mol. The molecule has 0 aromatic carbocycles. The van der Waals surface area contributed by atoms with Crippen LogP contribution < -0.4 is 5.32 Å². The highest BCUT2D eigenvalue weighted by Gasteiger charge is 2.35. The molecule has 1 fully saturated rings. The second-order valence-corrected chi connectivity index (χ2v) is 6.01. The lowest BCUT2D eigenvalue weighted by molar-refractivity contribution is -0.148. The molecule has 17 heavy (non-hydrogen) atoms. The van der Waals surface area contributed by atoms with Gasteiger partial charge in [0, 0.05) is 13.1 Å². The van der Waals surface area contributed by atoms with E-state index in [0.29, 0.717) is 5.41 Å². The summed E-state index contributed by atoms with van der Waals surface area (Å²) in [6.45, 7) is 9.69. The topological polar surface area (TPSA) is 41.6 Å². The van der Waals surface area contributed by atoms with E-state index >= 15 is 0 Å². The molecule has 4 heteroatoms. The second kappa shape index (κ2) is 5.36. The fourth-order valence-electron chi connectivity index (χ4n) is 2.35. The van der Waals surface area contributed by atoms with Crippen LogP contribution in [0.25, 0.3) is 0 Å². The van der Waals surface area contributed by atoms with E-state index in [9.17, 15) is 4.79 Å². The molecule has 1 aliphatic rings. The van der Waals surface area contributed by atoms with Gasteiger partial charge in [0.1, 0.15) is 5.54 Å². The van der Waals surface area contributed by atoms with Gasteiger partial charge in [-0.3, -0.25) is 4.79 Å². The Morgan fingerprint density at radius 3 is 2.59 bits per heavy atom. The third kappa shape index (κ3) is 3.68. The van der Waals surface area contributed by atoms with Crippen LogP contribution in [0.2, 0.25) is 0 Å². The lowest BCUT2D eigenvalue weighted by atomic mass is 9.93. The van der Waals surface area contributed by atoms with Gasteiger partial charge in [0.05, 0.1) is 7.11 Å². The number of carbonyl (C=O) groups excluding carboxylic acids is 1. The zero-order chi connectivity index (χ0) is 13.1. The van der Waals surface area contributed by atoms with Crippen LogP contribution in [-0.2, 0) is 9.53 Å². The first-order valence-electron chi connectivity index (χ1n) is 6.33. The summed E-state index contributed by atoms with van der Waals surface area (Å²) in [7, 11) is 3.25. The molecule has 0 aromatic rings. The van der Waals surface area contributed by atoms with Gasteiger partial charge < -0.3 is 15.0 Å². The Morgan fingerprint density at radius 2 is 2.18 bits per heavy atom. The van der Waals surface area contributed by atoms with Gasteiger partial charge in [-0.15, -0.1) is 0 Å².